The number of fused-ring (bicyclic) bond motifs is 1. The molecular formula is C27H32N2O2. The first kappa shape index (κ1) is 21.4. The fourth-order valence-corrected chi connectivity index (χ4v) is 4.53. The molecule has 2 atom stereocenters. The van der Waals surface area contributed by atoms with Gasteiger partial charge in [0.2, 0.25) is 0 Å². The second-order valence-corrected chi connectivity index (χ2v) is 8.24. The van der Waals surface area contributed by atoms with E-state index in [-0.39, 0.29) is 6.04 Å². The van der Waals surface area contributed by atoms with E-state index in [4.69, 9.17) is 4.74 Å². The van der Waals surface area contributed by atoms with E-state index in [0.717, 1.165) is 48.5 Å². The summed E-state index contributed by atoms with van der Waals surface area (Å²) >= 11 is 0. The zero-order valence-electron chi connectivity index (χ0n) is 18.4. The third kappa shape index (κ3) is 4.92. The Bertz CT molecular complexity index is 975. The molecule has 0 unspecified atom stereocenters. The van der Waals surface area contributed by atoms with Gasteiger partial charge in [-0.25, -0.2) is 0 Å². The molecule has 0 fully saturated rings. The van der Waals surface area contributed by atoms with Gasteiger partial charge in [0.05, 0.1) is 11.8 Å². The lowest BCUT2D eigenvalue weighted by Crippen LogP contribution is -2.38. The number of rotatable bonds is 8. The van der Waals surface area contributed by atoms with Gasteiger partial charge in [-0.2, -0.15) is 0 Å². The van der Waals surface area contributed by atoms with Gasteiger partial charge < -0.3 is 20.1 Å². The third-order valence-corrected chi connectivity index (χ3v) is 6.03. The summed E-state index contributed by atoms with van der Waals surface area (Å²) in [4.78, 5) is 2.26. The van der Waals surface area contributed by atoms with Crippen LogP contribution in [0.4, 0.5) is 5.69 Å². The summed E-state index contributed by atoms with van der Waals surface area (Å²) in [5.74, 6) is 0.870. The average Bonchev–Trinajstić information content (AvgIpc) is 2.80. The molecule has 0 saturated heterocycles. The van der Waals surface area contributed by atoms with Crippen LogP contribution in [0.25, 0.3) is 0 Å². The lowest BCUT2D eigenvalue weighted by Gasteiger charge is -2.35. The molecule has 2 N–H and O–H groups in total. The maximum atomic E-state index is 11.0. The van der Waals surface area contributed by atoms with Crippen molar-refractivity contribution in [1.82, 2.24) is 5.32 Å². The zero-order chi connectivity index (χ0) is 21.6. The van der Waals surface area contributed by atoms with Crippen molar-refractivity contribution in [2.75, 3.05) is 18.5 Å². The van der Waals surface area contributed by atoms with Gasteiger partial charge in [0, 0.05) is 19.6 Å². The Labute approximate surface area is 185 Å². The highest BCUT2D eigenvalue weighted by Crippen LogP contribution is 2.42. The Morgan fingerprint density at radius 3 is 2.32 bits per heavy atom. The van der Waals surface area contributed by atoms with Crippen molar-refractivity contribution in [2.24, 2.45) is 0 Å². The lowest BCUT2D eigenvalue weighted by atomic mass is 9.84. The molecule has 0 heterocycles. The van der Waals surface area contributed by atoms with Crippen LogP contribution in [0.15, 0.2) is 72.8 Å². The first-order valence-corrected chi connectivity index (χ1v) is 11.2. The molecule has 3 aromatic carbocycles. The second kappa shape index (κ2) is 9.99. The number of ether oxygens (including phenoxy) is 1. The summed E-state index contributed by atoms with van der Waals surface area (Å²) in [5.41, 5.74) is 5.69. The van der Waals surface area contributed by atoms with Gasteiger partial charge in [0.15, 0.2) is 0 Å². The quantitative estimate of drug-likeness (QED) is 0.550. The molecule has 4 heteroatoms. The minimum absolute atomic E-state index is 0.0980. The molecule has 1 aliphatic rings. The molecule has 0 saturated carbocycles. The van der Waals surface area contributed by atoms with E-state index in [2.05, 4.69) is 60.6 Å². The number of aliphatic hydroxyl groups is 1. The summed E-state index contributed by atoms with van der Waals surface area (Å²) in [6.45, 7) is 4.25. The van der Waals surface area contributed by atoms with Crippen molar-refractivity contribution in [3.63, 3.8) is 0 Å². The predicted octanol–water partition coefficient (Wildman–Crippen LogP) is 4.86. The van der Waals surface area contributed by atoms with Gasteiger partial charge in [0.25, 0.3) is 0 Å². The maximum Gasteiger partial charge on any atom is 0.143 e. The number of likely N-dealkylation sites (N-methyl/N-ethyl adjacent to an activating group) is 1. The average molecular weight is 417 g/mol. The standard InChI is InChI=1S/C27H32N2O2/c1-3-28-24-16-14-22-23(27(24)30)15-17-25(31-19-21-12-8-5-9-13-21)26(22)29(2)18-20-10-6-4-7-11-20/h4-13,15,17,24,27-28,30H,3,14,16,18-19H2,1-2H3/t24-,27-/m0/s1. The van der Waals surface area contributed by atoms with E-state index in [1.165, 1.54) is 11.1 Å². The summed E-state index contributed by atoms with van der Waals surface area (Å²) in [6, 6.07) is 24.9. The van der Waals surface area contributed by atoms with Crippen LogP contribution < -0.4 is 15.0 Å². The van der Waals surface area contributed by atoms with Crippen molar-refractivity contribution in [3.05, 3.63) is 95.1 Å². The lowest BCUT2D eigenvalue weighted by molar-refractivity contribution is 0.116. The summed E-state index contributed by atoms with van der Waals surface area (Å²) in [7, 11) is 2.11. The largest absolute Gasteiger partial charge is 0.487 e. The van der Waals surface area contributed by atoms with Crippen LogP contribution in [0.1, 0.15) is 41.7 Å². The van der Waals surface area contributed by atoms with Gasteiger partial charge >= 0.3 is 0 Å². The predicted molar refractivity (Wildman–Crippen MR) is 127 cm³/mol. The van der Waals surface area contributed by atoms with E-state index < -0.39 is 6.10 Å². The Morgan fingerprint density at radius 2 is 1.65 bits per heavy atom. The number of hydrogen-bond donors (Lipinski definition) is 2. The fraction of sp³-hybridized carbons (Fsp3) is 0.333. The Morgan fingerprint density at radius 1 is 0.968 bits per heavy atom. The van der Waals surface area contributed by atoms with Crippen molar-refractivity contribution in [3.8, 4) is 5.75 Å². The highest BCUT2D eigenvalue weighted by atomic mass is 16.5. The van der Waals surface area contributed by atoms with Crippen LogP contribution in [0.2, 0.25) is 0 Å². The SMILES string of the molecule is CCN[C@H]1CCc2c(ccc(OCc3ccccc3)c2N(C)Cc2ccccc2)[C@@H]1O. The molecule has 0 amide bonds. The zero-order valence-corrected chi connectivity index (χ0v) is 18.4. The monoisotopic (exact) mass is 416 g/mol. The number of hydrogen-bond acceptors (Lipinski definition) is 4. The van der Waals surface area contributed by atoms with Crippen molar-refractivity contribution < 1.29 is 9.84 Å². The molecule has 0 aromatic heterocycles. The molecule has 0 spiro atoms. The van der Waals surface area contributed by atoms with Crippen molar-refractivity contribution >= 4 is 5.69 Å². The molecule has 4 nitrogen and oxygen atoms in total. The Balaban J connectivity index is 1.67. The molecule has 0 radical (unpaired) electrons. The minimum atomic E-state index is -0.504. The molecule has 31 heavy (non-hydrogen) atoms. The van der Waals surface area contributed by atoms with Gasteiger partial charge in [-0.1, -0.05) is 73.7 Å². The number of nitrogens with zero attached hydrogens (tertiary/aromatic N) is 1. The van der Waals surface area contributed by atoms with Crippen LogP contribution >= 0.6 is 0 Å². The molecule has 0 bridgehead atoms. The number of nitrogens with one attached hydrogen (secondary N) is 1. The summed E-state index contributed by atoms with van der Waals surface area (Å²) in [5, 5.41) is 14.5. The second-order valence-electron chi connectivity index (χ2n) is 8.24. The number of anilines is 1. The Kier molecular flexibility index (Phi) is 6.90. The van der Waals surface area contributed by atoms with E-state index in [1.54, 1.807) is 0 Å². The molecule has 162 valence electrons. The minimum Gasteiger partial charge on any atom is -0.487 e. The molecule has 1 aliphatic carbocycles. The maximum absolute atomic E-state index is 11.0. The first-order chi connectivity index (χ1) is 15.2. The molecular weight excluding hydrogens is 384 g/mol. The third-order valence-electron chi connectivity index (χ3n) is 6.03. The van der Waals surface area contributed by atoms with Crippen molar-refractivity contribution in [1.29, 1.82) is 0 Å². The molecule has 0 aliphatic heterocycles. The Hall–Kier alpha value is -2.82. The van der Waals surface area contributed by atoms with Crippen LogP contribution in [-0.2, 0) is 19.6 Å². The highest BCUT2D eigenvalue weighted by Gasteiger charge is 2.31. The van der Waals surface area contributed by atoms with Gasteiger partial charge in [0.1, 0.15) is 12.4 Å². The number of aliphatic hydroxyl groups excluding tert-OH is 1. The van der Waals surface area contributed by atoms with E-state index >= 15 is 0 Å². The molecule has 4 rings (SSSR count). The number of benzene rings is 3. The summed E-state index contributed by atoms with van der Waals surface area (Å²) in [6.07, 6.45) is 1.33. The highest BCUT2D eigenvalue weighted by molar-refractivity contribution is 5.67. The summed E-state index contributed by atoms with van der Waals surface area (Å²) < 4.78 is 6.32. The topological polar surface area (TPSA) is 44.7 Å². The van der Waals surface area contributed by atoms with Gasteiger partial charge in [-0.05, 0) is 47.7 Å². The van der Waals surface area contributed by atoms with Crippen molar-refractivity contribution in [2.45, 2.75) is 45.1 Å². The van der Waals surface area contributed by atoms with E-state index in [9.17, 15) is 5.11 Å². The van der Waals surface area contributed by atoms with Crippen LogP contribution in [0, 0.1) is 0 Å². The van der Waals surface area contributed by atoms with Gasteiger partial charge in [-0.15, -0.1) is 0 Å². The normalized spacial score (nSPS) is 17.8. The van der Waals surface area contributed by atoms with Gasteiger partial charge in [-0.3, -0.25) is 0 Å². The molecule has 3 aromatic rings. The van der Waals surface area contributed by atoms with Crippen LogP contribution in [0.5, 0.6) is 5.75 Å². The smallest absolute Gasteiger partial charge is 0.143 e. The first-order valence-electron chi connectivity index (χ1n) is 11.2. The van der Waals surface area contributed by atoms with E-state index in [1.807, 2.05) is 36.4 Å². The van der Waals surface area contributed by atoms with E-state index in [0.29, 0.717) is 6.61 Å². The van der Waals surface area contributed by atoms with Crippen LogP contribution in [-0.4, -0.2) is 24.7 Å². The fourth-order valence-electron chi connectivity index (χ4n) is 4.53. The van der Waals surface area contributed by atoms with Crippen LogP contribution in [0.3, 0.4) is 0 Å².